The summed E-state index contributed by atoms with van der Waals surface area (Å²) in [6.45, 7) is 6.70. The van der Waals surface area contributed by atoms with E-state index in [0.717, 1.165) is 19.6 Å². The van der Waals surface area contributed by atoms with Crippen molar-refractivity contribution >= 4 is 11.3 Å². The summed E-state index contributed by atoms with van der Waals surface area (Å²) < 4.78 is 0. The molecular weight excluding hydrogens is 264 g/mol. The van der Waals surface area contributed by atoms with Crippen molar-refractivity contribution in [3.63, 3.8) is 0 Å². The van der Waals surface area contributed by atoms with Gasteiger partial charge in [-0.25, -0.2) is 0 Å². The van der Waals surface area contributed by atoms with Gasteiger partial charge in [0.25, 0.3) is 0 Å². The third-order valence-electron chi connectivity index (χ3n) is 3.96. The molecular formula is C17H22N2S. The van der Waals surface area contributed by atoms with Crippen LogP contribution in [0.4, 0.5) is 0 Å². The van der Waals surface area contributed by atoms with Gasteiger partial charge in [0.2, 0.25) is 0 Å². The fourth-order valence-electron chi connectivity index (χ4n) is 3.01. The molecule has 106 valence electrons. The Kier molecular flexibility index (Phi) is 4.51. The molecule has 2 heterocycles. The fraction of sp³-hybridized carbons (Fsp3) is 0.412. The Bertz CT molecular complexity index is 528. The maximum Gasteiger partial charge on any atom is 0.0610 e. The first-order valence-corrected chi connectivity index (χ1v) is 8.32. The van der Waals surface area contributed by atoms with Crippen LogP contribution in [-0.2, 0) is 0 Å². The molecule has 1 fully saturated rings. The van der Waals surface area contributed by atoms with E-state index in [0.29, 0.717) is 6.04 Å². The number of hydrogen-bond acceptors (Lipinski definition) is 3. The van der Waals surface area contributed by atoms with Gasteiger partial charge in [-0.05, 0) is 47.8 Å². The van der Waals surface area contributed by atoms with Crippen molar-refractivity contribution < 1.29 is 0 Å². The molecule has 0 bridgehead atoms. The molecule has 20 heavy (non-hydrogen) atoms. The van der Waals surface area contributed by atoms with Crippen LogP contribution in [-0.4, -0.2) is 31.1 Å². The molecule has 1 aromatic carbocycles. The predicted octanol–water partition coefficient (Wildman–Crippen LogP) is 3.44. The molecule has 1 aliphatic rings. The second-order valence-electron chi connectivity index (χ2n) is 5.51. The molecule has 1 N–H and O–H groups in total. The minimum atomic E-state index is 0.404. The van der Waals surface area contributed by atoms with Crippen LogP contribution in [0, 0.1) is 6.92 Å². The zero-order chi connectivity index (χ0) is 13.8. The maximum atomic E-state index is 3.50. The van der Waals surface area contributed by atoms with Crippen LogP contribution >= 0.6 is 11.3 Å². The smallest absolute Gasteiger partial charge is 0.0610 e. The van der Waals surface area contributed by atoms with Crippen LogP contribution in [0.1, 0.15) is 29.2 Å². The lowest BCUT2D eigenvalue weighted by molar-refractivity contribution is 0.241. The standard InChI is InChI=1S/C17H22N2S/c1-14-4-2-5-15(12-14)17(16-6-11-20-13-16)19-9-3-7-18-8-10-19/h2,4-6,11-13,17-18H,3,7-10H2,1H3. The first-order chi connectivity index (χ1) is 9.84. The summed E-state index contributed by atoms with van der Waals surface area (Å²) in [5, 5.41) is 7.99. The summed E-state index contributed by atoms with van der Waals surface area (Å²) in [6.07, 6.45) is 1.23. The van der Waals surface area contributed by atoms with Gasteiger partial charge in [0, 0.05) is 19.6 Å². The Morgan fingerprint density at radius 2 is 2.10 bits per heavy atom. The maximum absolute atomic E-state index is 3.50. The molecule has 3 rings (SSSR count). The van der Waals surface area contributed by atoms with Gasteiger partial charge >= 0.3 is 0 Å². The number of nitrogens with zero attached hydrogens (tertiary/aromatic N) is 1. The highest BCUT2D eigenvalue weighted by atomic mass is 32.1. The van der Waals surface area contributed by atoms with Crippen LogP contribution in [0.15, 0.2) is 41.1 Å². The van der Waals surface area contributed by atoms with Gasteiger partial charge in [-0.1, -0.05) is 29.8 Å². The third kappa shape index (κ3) is 3.11. The van der Waals surface area contributed by atoms with Crippen molar-refractivity contribution in [1.29, 1.82) is 0 Å². The van der Waals surface area contributed by atoms with E-state index in [1.54, 1.807) is 11.3 Å². The molecule has 1 saturated heterocycles. The van der Waals surface area contributed by atoms with Crippen molar-refractivity contribution in [2.45, 2.75) is 19.4 Å². The first kappa shape index (κ1) is 13.8. The Morgan fingerprint density at radius 1 is 1.15 bits per heavy atom. The van der Waals surface area contributed by atoms with E-state index in [-0.39, 0.29) is 0 Å². The van der Waals surface area contributed by atoms with Crippen molar-refractivity contribution in [3.8, 4) is 0 Å². The van der Waals surface area contributed by atoms with Gasteiger partial charge in [0.15, 0.2) is 0 Å². The molecule has 1 unspecified atom stereocenters. The minimum absolute atomic E-state index is 0.404. The van der Waals surface area contributed by atoms with Crippen LogP contribution in [0.2, 0.25) is 0 Å². The lowest BCUT2D eigenvalue weighted by Crippen LogP contribution is -2.32. The van der Waals surface area contributed by atoms with Gasteiger partial charge in [0.1, 0.15) is 0 Å². The largest absolute Gasteiger partial charge is 0.315 e. The molecule has 2 nitrogen and oxygen atoms in total. The van der Waals surface area contributed by atoms with Crippen molar-refractivity contribution in [1.82, 2.24) is 10.2 Å². The van der Waals surface area contributed by atoms with Gasteiger partial charge < -0.3 is 5.32 Å². The number of hydrogen-bond donors (Lipinski definition) is 1. The van der Waals surface area contributed by atoms with Crippen molar-refractivity contribution in [2.75, 3.05) is 26.2 Å². The molecule has 0 spiro atoms. The number of aryl methyl sites for hydroxylation is 1. The van der Waals surface area contributed by atoms with E-state index in [1.807, 2.05) is 0 Å². The van der Waals surface area contributed by atoms with Crippen LogP contribution in [0.25, 0.3) is 0 Å². The van der Waals surface area contributed by atoms with E-state index >= 15 is 0 Å². The number of nitrogens with one attached hydrogen (secondary N) is 1. The number of thiophene rings is 1. The zero-order valence-electron chi connectivity index (χ0n) is 12.0. The summed E-state index contributed by atoms with van der Waals surface area (Å²) in [4.78, 5) is 2.62. The first-order valence-electron chi connectivity index (χ1n) is 7.38. The number of rotatable bonds is 3. The monoisotopic (exact) mass is 286 g/mol. The van der Waals surface area contributed by atoms with Gasteiger partial charge in [0.05, 0.1) is 6.04 Å². The normalized spacial score (nSPS) is 18.6. The SMILES string of the molecule is Cc1cccc(C(c2ccsc2)N2CCCNCC2)c1. The Morgan fingerprint density at radius 3 is 2.90 bits per heavy atom. The van der Waals surface area contributed by atoms with Gasteiger partial charge in [-0.15, -0.1) is 0 Å². The molecule has 1 aromatic heterocycles. The predicted molar refractivity (Wildman–Crippen MR) is 86.4 cm³/mol. The van der Waals surface area contributed by atoms with E-state index in [9.17, 15) is 0 Å². The second-order valence-corrected chi connectivity index (χ2v) is 6.29. The molecule has 2 aromatic rings. The summed E-state index contributed by atoms with van der Waals surface area (Å²) >= 11 is 1.79. The quantitative estimate of drug-likeness (QED) is 0.930. The highest BCUT2D eigenvalue weighted by Crippen LogP contribution is 2.30. The Hall–Kier alpha value is -1.16. The lowest BCUT2D eigenvalue weighted by Gasteiger charge is -2.30. The van der Waals surface area contributed by atoms with Gasteiger partial charge in [-0.2, -0.15) is 11.3 Å². The molecule has 1 aliphatic heterocycles. The van der Waals surface area contributed by atoms with E-state index in [1.165, 1.54) is 29.7 Å². The molecule has 3 heteroatoms. The second kappa shape index (κ2) is 6.53. The molecule has 0 radical (unpaired) electrons. The van der Waals surface area contributed by atoms with Crippen LogP contribution in [0.3, 0.4) is 0 Å². The van der Waals surface area contributed by atoms with Gasteiger partial charge in [-0.3, -0.25) is 4.90 Å². The number of benzene rings is 1. The van der Waals surface area contributed by atoms with Crippen LogP contribution in [0.5, 0.6) is 0 Å². The van der Waals surface area contributed by atoms with E-state index < -0.39 is 0 Å². The molecule has 0 saturated carbocycles. The summed E-state index contributed by atoms with van der Waals surface area (Å²) in [5.41, 5.74) is 4.20. The van der Waals surface area contributed by atoms with E-state index in [4.69, 9.17) is 0 Å². The lowest BCUT2D eigenvalue weighted by atomic mass is 9.97. The summed E-state index contributed by atoms with van der Waals surface area (Å²) in [7, 11) is 0. The summed E-state index contributed by atoms with van der Waals surface area (Å²) in [5.74, 6) is 0. The minimum Gasteiger partial charge on any atom is -0.315 e. The molecule has 1 atom stereocenters. The highest BCUT2D eigenvalue weighted by molar-refractivity contribution is 7.08. The highest BCUT2D eigenvalue weighted by Gasteiger charge is 2.23. The molecule has 0 aliphatic carbocycles. The molecule has 0 amide bonds. The summed E-state index contributed by atoms with van der Waals surface area (Å²) in [6, 6.07) is 11.6. The Balaban J connectivity index is 1.95. The van der Waals surface area contributed by atoms with Crippen molar-refractivity contribution in [3.05, 3.63) is 57.8 Å². The van der Waals surface area contributed by atoms with E-state index in [2.05, 4.69) is 58.2 Å². The average Bonchev–Trinajstić information content (AvgIpc) is 2.83. The third-order valence-corrected chi connectivity index (χ3v) is 4.66. The fourth-order valence-corrected chi connectivity index (χ4v) is 3.69. The topological polar surface area (TPSA) is 15.3 Å². The zero-order valence-corrected chi connectivity index (χ0v) is 12.8. The Labute approximate surface area is 125 Å². The van der Waals surface area contributed by atoms with Crippen molar-refractivity contribution in [2.24, 2.45) is 0 Å². The van der Waals surface area contributed by atoms with Crippen LogP contribution < -0.4 is 5.32 Å². The average molecular weight is 286 g/mol.